The van der Waals surface area contributed by atoms with Gasteiger partial charge in [-0.3, -0.25) is 0 Å². The SMILES string of the molecule is CC1(C)CCCC(NCC2(C)CCCCC2)C1. The average Bonchev–Trinajstić information content (AvgIpc) is 2.26. The van der Waals surface area contributed by atoms with E-state index < -0.39 is 0 Å². The van der Waals surface area contributed by atoms with Crippen LogP contribution in [0.5, 0.6) is 0 Å². The zero-order valence-corrected chi connectivity index (χ0v) is 12.1. The van der Waals surface area contributed by atoms with E-state index in [0.29, 0.717) is 10.8 Å². The Morgan fingerprint density at radius 2 is 1.65 bits per heavy atom. The van der Waals surface area contributed by atoms with Crippen molar-refractivity contribution in [1.82, 2.24) is 5.32 Å². The molecule has 0 aromatic rings. The molecule has 1 unspecified atom stereocenters. The molecule has 0 saturated heterocycles. The highest BCUT2D eigenvalue weighted by molar-refractivity contribution is 4.87. The van der Waals surface area contributed by atoms with Crippen molar-refractivity contribution in [2.75, 3.05) is 6.54 Å². The largest absolute Gasteiger partial charge is 0.313 e. The second kappa shape index (κ2) is 5.30. The molecular formula is C16H31N. The number of hydrogen-bond donors (Lipinski definition) is 1. The van der Waals surface area contributed by atoms with Crippen molar-refractivity contribution in [1.29, 1.82) is 0 Å². The molecule has 0 bridgehead atoms. The summed E-state index contributed by atoms with van der Waals surface area (Å²) in [4.78, 5) is 0. The zero-order chi connectivity index (χ0) is 12.4. The Labute approximate surface area is 108 Å². The Bertz CT molecular complexity index is 238. The van der Waals surface area contributed by atoms with Crippen molar-refractivity contribution < 1.29 is 0 Å². The molecule has 2 fully saturated rings. The molecule has 2 aliphatic carbocycles. The quantitative estimate of drug-likeness (QED) is 0.761. The Balaban J connectivity index is 1.77. The fraction of sp³-hybridized carbons (Fsp3) is 1.00. The van der Waals surface area contributed by atoms with Crippen molar-refractivity contribution in [3.05, 3.63) is 0 Å². The highest BCUT2D eigenvalue weighted by Crippen LogP contribution is 2.37. The van der Waals surface area contributed by atoms with Crippen LogP contribution >= 0.6 is 0 Å². The molecule has 100 valence electrons. The van der Waals surface area contributed by atoms with Gasteiger partial charge in [0, 0.05) is 12.6 Å². The van der Waals surface area contributed by atoms with E-state index in [1.165, 1.54) is 64.3 Å². The maximum Gasteiger partial charge on any atom is 0.00723 e. The van der Waals surface area contributed by atoms with E-state index in [1.54, 1.807) is 0 Å². The van der Waals surface area contributed by atoms with Gasteiger partial charge in [-0.2, -0.15) is 0 Å². The molecule has 17 heavy (non-hydrogen) atoms. The lowest BCUT2D eigenvalue weighted by Gasteiger charge is -2.39. The third-order valence-corrected chi connectivity index (χ3v) is 5.08. The molecule has 2 rings (SSSR count). The summed E-state index contributed by atoms with van der Waals surface area (Å²) in [7, 11) is 0. The van der Waals surface area contributed by atoms with Crippen molar-refractivity contribution in [3.63, 3.8) is 0 Å². The summed E-state index contributed by atoms with van der Waals surface area (Å²) in [5.74, 6) is 0. The number of rotatable bonds is 3. The predicted octanol–water partition coefficient (Wildman–Crippen LogP) is 4.52. The Kier molecular flexibility index (Phi) is 4.18. The standard InChI is InChI=1S/C16H31N/c1-15(2)9-7-8-14(12-15)17-13-16(3)10-5-4-6-11-16/h14,17H,4-13H2,1-3H3. The molecule has 0 heterocycles. The van der Waals surface area contributed by atoms with Crippen molar-refractivity contribution in [2.45, 2.75) is 84.6 Å². The molecule has 2 saturated carbocycles. The molecule has 0 aliphatic heterocycles. The molecule has 0 radical (unpaired) electrons. The average molecular weight is 237 g/mol. The molecule has 2 aliphatic rings. The number of hydrogen-bond acceptors (Lipinski definition) is 1. The van der Waals surface area contributed by atoms with Gasteiger partial charge >= 0.3 is 0 Å². The van der Waals surface area contributed by atoms with Crippen molar-refractivity contribution in [3.8, 4) is 0 Å². The monoisotopic (exact) mass is 237 g/mol. The van der Waals surface area contributed by atoms with Crippen LogP contribution in [0.1, 0.15) is 78.6 Å². The van der Waals surface area contributed by atoms with Crippen LogP contribution in [-0.2, 0) is 0 Å². The summed E-state index contributed by atoms with van der Waals surface area (Å²) in [5, 5.41) is 3.89. The van der Waals surface area contributed by atoms with Crippen LogP contribution in [0.25, 0.3) is 0 Å². The first-order valence-electron chi connectivity index (χ1n) is 7.73. The van der Waals surface area contributed by atoms with Crippen LogP contribution in [-0.4, -0.2) is 12.6 Å². The van der Waals surface area contributed by atoms with Crippen molar-refractivity contribution >= 4 is 0 Å². The van der Waals surface area contributed by atoms with E-state index in [1.807, 2.05) is 0 Å². The van der Waals surface area contributed by atoms with E-state index in [9.17, 15) is 0 Å². The third kappa shape index (κ3) is 3.98. The lowest BCUT2D eigenvalue weighted by molar-refractivity contribution is 0.159. The first-order chi connectivity index (χ1) is 7.99. The molecule has 0 spiro atoms. The lowest BCUT2D eigenvalue weighted by Crippen LogP contribution is -2.43. The maximum absolute atomic E-state index is 3.89. The van der Waals surface area contributed by atoms with Gasteiger partial charge in [0.05, 0.1) is 0 Å². The van der Waals surface area contributed by atoms with Crippen LogP contribution in [0.15, 0.2) is 0 Å². The Hall–Kier alpha value is -0.0400. The summed E-state index contributed by atoms with van der Waals surface area (Å²) in [5.41, 5.74) is 1.17. The van der Waals surface area contributed by atoms with Gasteiger partial charge in [-0.25, -0.2) is 0 Å². The fourth-order valence-electron chi connectivity index (χ4n) is 3.85. The maximum atomic E-state index is 3.89. The van der Waals surface area contributed by atoms with Crippen LogP contribution in [0.3, 0.4) is 0 Å². The minimum atomic E-state index is 0.573. The van der Waals surface area contributed by atoms with E-state index in [0.717, 1.165) is 6.04 Å². The van der Waals surface area contributed by atoms with Gasteiger partial charge < -0.3 is 5.32 Å². The van der Waals surface area contributed by atoms with E-state index in [4.69, 9.17) is 0 Å². The van der Waals surface area contributed by atoms with Crippen LogP contribution < -0.4 is 5.32 Å². The number of nitrogens with one attached hydrogen (secondary N) is 1. The lowest BCUT2D eigenvalue weighted by atomic mass is 9.73. The molecule has 0 aromatic carbocycles. The molecule has 0 aromatic heterocycles. The molecule has 1 heteroatoms. The van der Waals surface area contributed by atoms with Gasteiger partial charge in [0.15, 0.2) is 0 Å². The summed E-state index contributed by atoms with van der Waals surface area (Å²) in [6.45, 7) is 8.62. The van der Waals surface area contributed by atoms with E-state index in [-0.39, 0.29) is 0 Å². The van der Waals surface area contributed by atoms with Crippen LogP contribution in [0.4, 0.5) is 0 Å². The summed E-state index contributed by atoms with van der Waals surface area (Å²) < 4.78 is 0. The summed E-state index contributed by atoms with van der Waals surface area (Å²) in [6.07, 6.45) is 12.9. The van der Waals surface area contributed by atoms with Crippen molar-refractivity contribution in [2.24, 2.45) is 10.8 Å². The zero-order valence-electron chi connectivity index (χ0n) is 12.1. The minimum Gasteiger partial charge on any atom is -0.313 e. The highest BCUT2D eigenvalue weighted by atomic mass is 14.9. The first-order valence-corrected chi connectivity index (χ1v) is 7.73. The van der Waals surface area contributed by atoms with Gasteiger partial charge in [0.25, 0.3) is 0 Å². The predicted molar refractivity (Wildman–Crippen MR) is 75.2 cm³/mol. The normalized spacial score (nSPS) is 32.3. The van der Waals surface area contributed by atoms with Crippen LogP contribution in [0, 0.1) is 10.8 Å². The summed E-state index contributed by atoms with van der Waals surface area (Å²) >= 11 is 0. The summed E-state index contributed by atoms with van der Waals surface area (Å²) in [6, 6.07) is 0.789. The minimum absolute atomic E-state index is 0.573. The first kappa shape index (κ1) is 13.4. The van der Waals surface area contributed by atoms with Gasteiger partial charge in [-0.1, -0.05) is 46.5 Å². The smallest absolute Gasteiger partial charge is 0.00723 e. The molecular weight excluding hydrogens is 206 g/mol. The molecule has 0 amide bonds. The molecule has 1 atom stereocenters. The van der Waals surface area contributed by atoms with Crippen LogP contribution in [0.2, 0.25) is 0 Å². The topological polar surface area (TPSA) is 12.0 Å². The van der Waals surface area contributed by atoms with Gasteiger partial charge in [-0.15, -0.1) is 0 Å². The highest BCUT2D eigenvalue weighted by Gasteiger charge is 2.31. The van der Waals surface area contributed by atoms with E-state index in [2.05, 4.69) is 26.1 Å². The fourth-order valence-corrected chi connectivity index (χ4v) is 3.85. The van der Waals surface area contributed by atoms with Gasteiger partial charge in [0.2, 0.25) is 0 Å². The molecule has 1 N–H and O–H groups in total. The molecule has 1 nitrogen and oxygen atoms in total. The second-order valence-electron chi connectivity index (χ2n) is 7.71. The third-order valence-electron chi connectivity index (χ3n) is 5.08. The Morgan fingerprint density at radius 3 is 2.29 bits per heavy atom. The van der Waals surface area contributed by atoms with Gasteiger partial charge in [0.1, 0.15) is 0 Å². The Morgan fingerprint density at radius 1 is 0.941 bits per heavy atom. The van der Waals surface area contributed by atoms with Gasteiger partial charge in [-0.05, 0) is 42.9 Å². The van der Waals surface area contributed by atoms with E-state index >= 15 is 0 Å². The second-order valence-corrected chi connectivity index (χ2v) is 7.71.